The van der Waals surface area contributed by atoms with E-state index in [1.807, 2.05) is 50.8 Å². The average Bonchev–Trinajstić information content (AvgIpc) is 2.83. The highest BCUT2D eigenvalue weighted by Crippen LogP contribution is 2.36. The van der Waals surface area contributed by atoms with Gasteiger partial charge in [0.1, 0.15) is 5.75 Å². The first-order chi connectivity index (χ1) is 17.2. The minimum absolute atomic E-state index is 0.0262. The summed E-state index contributed by atoms with van der Waals surface area (Å²) in [6.45, 7) is 12.3. The lowest BCUT2D eigenvalue weighted by Gasteiger charge is -2.43. The Morgan fingerprint density at radius 3 is 2.53 bits per heavy atom. The Kier molecular flexibility index (Phi) is 9.19. The molecule has 0 bridgehead atoms. The molecule has 198 valence electrons. The summed E-state index contributed by atoms with van der Waals surface area (Å²) < 4.78 is 11.0. The number of esters is 1. The lowest BCUT2D eigenvalue weighted by atomic mass is 9.93. The summed E-state index contributed by atoms with van der Waals surface area (Å²) in [5, 5.41) is 5.94. The molecular formula is C26H39N5O5. The summed E-state index contributed by atoms with van der Waals surface area (Å²) in [5.74, 6) is 0.108. The molecule has 0 spiro atoms. The summed E-state index contributed by atoms with van der Waals surface area (Å²) in [5.41, 5.74) is 1.70. The van der Waals surface area contributed by atoms with E-state index in [-0.39, 0.29) is 30.8 Å². The fourth-order valence-corrected chi connectivity index (χ4v) is 4.82. The Morgan fingerprint density at radius 2 is 1.92 bits per heavy atom. The van der Waals surface area contributed by atoms with E-state index in [1.165, 1.54) is 0 Å². The summed E-state index contributed by atoms with van der Waals surface area (Å²) in [7, 11) is 1.56. The van der Waals surface area contributed by atoms with E-state index in [0.29, 0.717) is 55.3 Å². The molecule has 2 atom stereocenters. The highest BCUT2D eigenvalue weighted by molar-refractivity contribution is 5.95. The van der Waals surface area contributed by atoms with Crippen LogP contribution < -0.4 is 15.4 Å². The van der Waals surface area contributed by atoms with Crippen LogP contribution in [0, 0.1) is 0 Å². The molecule has 36 heavy (non-hydrogen) atoms. The number of likely N-dealkylation sites (N-methyl/N-ethyl adjacent to an activating group) is 1. The number of carbonyl (C=O) groups is 3. The molecule has 2 heterocycles. The number of nitrogens with zero attached hydrogens (tertiary/aromatic N) is 3. The van der Waals surface area contributed by atoms with Crippen molar-refractivity contribution in [2.75, 3.05) is 46.4 Å². The molecule has 0 saturated carbocycles. The zero-order chi connectivity index (χ0) is 26.4. The molecule has 0 radical (unpaired) electrons. The van der Waals surface area contributed by atoms with Crippen molar-refractivity contribution in [1.29, 1.82) is 0 Å². The van der Waals surface area contributed by atoms with Crippen LogP contribution >= 0.6 is 0 Å². The quantitative estimate of drug-likeness (QED) is 0.531. The molecule has 2 aliphatic heterocycles. The topological polar surface area (TPSA) is 103 Å². The molecule has 2 N–H and O–H groups in total. The van der Waals surface area contributed by atoms with Crippen molar-refractivity contribution in [2.45, 2.75) is 52.7 Å². The lowest BCUT2D eigenvalue weighted by molar-refractivity contribution is -0.139. The van der Waals surface area contributed by atoms with E-state index in [4.69, 9.17) is 9.47 Å². The number of methoxy groups -OCH3 is 1. The third kappa shape index (κ3) is 5.92. The van der Waals surface area contributed by atoms with Crippen LogP contribution in [-0.4, -0.2) is 91.3 Å². The van der Waals surface area contributed by atoms with Crippen LogP contribution in [0.3, 0.4) is 0 Å². The first kappa shape index (κ1) is 27.3. The second-order valence-electron chi connectivity index (χ2n) is 9.33. The largest absolute Gasteiger partial charge is 0.496 e. The maximum Gasteiger partial charge on any atom is 0.338 e. The number of piperazine rings is 1. The molecule has 10 heteroatoms. The molecule has 1 aromatic carbocycles. The number of urea groups is 2. The van der Waals surface area contributed by atoms with E-state index < -0.39 is 12.0 Å². The average molecular weight is 502 g/mol. The number of para-hydroxylation sites is 1. The number of amides is 4. The molecule has 4 amide bonds. The molecule has 2 aliphatic rings. The van der Waals surface area contributed by atoms with Gasteiger partial charge >= 0.3 is 18.0 Å². The molecule has 3 rings (SSSR count). The van der Waals surface area contributed by atoms with Crippen LogP contribution in [0.25, 0.3) is 0 Å². The predicted octanol–water partition coefficient (Wildman–Crippen LogP) is 2.72. The molecule has 1 fully saturated rings. The van der Waals surface area contributed by atoms with Crippen LogP contribution in [0.2, 0.25) is 0 Å². The SMILES string of the molecule is CCOC(=O)C1=C(CN2CCN(C(=O)NC(C)C)C(C)C2)N(CC)C(=O)NC1c1ccccc1OC. The van der Waals surface area contributed by atoms with Crippen molar-refractivity contribution in [3.63, 3.8) is 0 Å². The van der Waals surface area contributed by atoms with E-state index in [1.54, 1.807) is 25.0 Å². The van der Waals surface area contributed by atoms with Crippen LogP contribution in [0.4, 0.5) is 9.59 Å². The van der Waals surface area contributed by atoms with E-state index in [2.05, 4.69) is 15.5 Å². The number of hydrogen-bond acceptors (Lipinski definition) is 6. The minimum Gasteiger partial charge on any atom is -0.496 e. The number of benzene rings is 1. The van der Waals surface area contributed by atoms with Gasteiger partial charge in [-0.3, -0.25) is 9.80 Å². The fraction of sp³-hybridized carbons (Fsp3) is 0.577. The zero-order valence-electron chi connectivity index (χ0n) is 22.2. The number of ether oxygens (including phenoxy) is 2. The van der Waals surface area contributed by atoms with E-state index >= 15 is 0 Å². The van der Waals surface area contributed by atoms with Gasteiger partial charge in [-0.25, -0.2) is 14.4 Å². The maximum absolute atomic E-state index is 13.3. The van der Waals surface area contributed by atoms with Crippen LogP contribution in [-0.2, 0) is 9.53 Å². The Balaban J connectivity index is 1.97. The number of hydrogen-bond donors (Lipinski definition) is 2. The Bertz CT molecular complexity index is 995. The standard InChI is InChI=1S/C26H39N5O5/c1-7-30-20(16-29-13-14-31(18(5)15-29)25(33)27-17(3)4)22(24(32)36-8-2)23(28-26(30)34)19-11-9-10-12-21(19)35-6/h9-12,17-18,23H,7-8,13-16H2,1-6H3,(H,27,33)(H,28,34). The molecule has 1 aromatic rings. The maximum atomic E-state index is 13.3. The van der Waals surface area contributed by atoms with Crippen molar-refractivity contribution in [1.82, 2.24) is 25.3 Å². The van der Waals surface area contributed by atoms with Crippen molar-refractivity contribution >= 4 is 18.0 Å². The Labute approximate surface area is 213 Å². The Hall–Kier alpha value is -3.27. The van der Waals surface area contributed by atoms with Crippen molar-refractivity contribution in [3.8, 4) is 5.75 Å². The highest BCUT2D eigenvalue weighted by Gasteiger charge is 2.40. The molecule has 0 aromatic heterocycles. The molecule has 2 unspecified atom stereocenters. The second-order valence-corrected chi connectivity index (χ2v) is 9.33. The zero-order valence-corrected chi connectivity index (χ0v) is 22.2. The molecular weight excluding hydrogens is 462 g/mol. The van der Waals surface area contributed by atoms with Crippen LogP contribution in [0.1, 0.15) is 46.2 Å². The van der Waals surface area contributed by atoms with Gasteiger partial charge in [-0.15, -0.1) is 0 Å². The van der Waals surface area contributed by atoms with Crippen molar-refractivity contribution in [3.05, 3.63) is 41.1 Å². The smallest absolute Gasteiger partial charge is 0.338 e. The van der Waals surface area contributed by atoms with Crippen molar-refractivity contribution in [2.24, 2.45) is 0 Å². The number of carbonyl (C=O) groups excluding carboxylic acids is 3. The van der Waals surface area contributed by atoms with Gasteiger partial charge in [0.05, 0.1) is 25.3 Å². The third-order valence-electron chi connectivity index (χ3n) is 6.46. The van der Waals surface area contributed by atoms with Gasteiger partial charge in [-0.1, -0.05) is 18.2 Å². The highest BCUT2D eigenvalue weighted by atomic mass is 16.5. The van der Waals surface area contributed by atoms with Crippen LogP contribution in [0.5, 0.6) is 5.75 Å². The van der Waals surface area contributed by atoms with Gasteiger partial charge in [-0.05, 0) is 40.7 Å². The van der Waals surface area contributed by atoms with Crippen molar-refractivity contribution < 1.29 is 23.9 Å². The summed E-state index contributed by atoms with van der Waals surface area (Å²) in [6.07, 6.45) is 0. The number of nitrogens with one attached hydrogen (secondary N) is 2. The first-order valence-corrected chi connectivity index (χ1v) is 12.6. The van der Waals surface area contributed by atoms with Gasteiger partial charge < -0.3 is 25.0 Å². The summed E-state index contributed by atoms with van der Waals surface area (Å²) in [4.78, 5) is 44.7. The van der Waals surface area contributed by atoms with Gasteiger partial charge in [0.15, 0.2) is 0 Å². The molecule has 0 aliphatic carbocycles. The summed E-state index contributed by atoms with van der Waals surface area (Å²) in [6, 6.07) is 6.31. The summed E-state index contributed by atoms with van der Waals surface area (Å²) >= 11 is 0. The molecule has 1 saturated heterocycles. The Morgan fingerprint density at radius 1 is 1.19 bits per heavy atom. The predicted molar refractivity (Wildman–Crippen MR) is 137 cm³/mol. The fourth-order valence-electron chi connectivity index (χ4n) is 4.82. The number of rotatable bonds is 8. The van der Waals surface area contributed by atoms with Gasteiger partial charge in [0.2, 0.25) is 0 Å². The first-order valence-electron chi connectivity index (χ1n) is 12.6. The van der Waals surface area contributed by atoms with E-state index in [9.17, 15) is 14.4 Å². The third-order valence-corrected chi connectivity index (χ3v) is 6.46. The second kappa shape index (κ2) is 12.1. The van der Waals surface area contributed by atoms with Crippen LogP contribution in [0.15, 0.2) is 35.5 Å². The normalized spacial score (nSPS) is 20.9. The lowest BCUT2D eigenvalue weighted by Crippen LogP contribution is -2.58. The van der Waals surface area contributed by atoms with E-state index in [0.717, 1.165) is 0 Å². The van der Waals surface area contributed by atoms with Gasteiger partial charge in [0, 0.05) is 56.1 Å². The monoisotopic (exact) mass is 501 g/mol. The van der Waals surface area contributed by atoms with Gasteiger partial charge in [-0.2, -0.15) is 0 Å². The molecule has 10 nitrogen and oxygen atoms in total. The minimum atomic E-state index is -0.707. The van der Waals surface area contributed by atoms with Gasteiger partial charge in [0.25, 0.3) is 0 Å².